The highest BCUT2D eigenvalue weighted by molar-refractivity contribution is 6.03. The number of fused-ring (bicyclic) bond motifs is 2. The van der Waals surface area contributed by atoms with Gasteiger partial charge in [0.1, 0.15) is 24.1 Å². The van der Waals surface area contributed by atoms with Crippen LogP contribution in [-0.4, -0.2) is 59.5 Å². The van der Waals surface area contributed by atoms with Gasteiger partial charge in [-0.05, 0) is 24.6 Å². The molecular weight excluding hydrogens is 386 g/mol. The van der Waals surface area contributed by atoms with Crippen molar-refractivity contribution in [3.8, 4) is 5.75 Å². The van der Waals surface area contributed by atoms with Crippen LogP contribution in [0.15, 0.2) is 42.7 Å². The molecule has 1 saturated heterocycles. The van der Waals surface area contributed by atoms with Crippen LogP contribution in [0.1, 0.15) is 23.0 Å². The minimum Gasteiger partial charge on any atom is -0.489 e. The Kier molecular flexibility index (Phi) is 4.59. The molecule has 9 nitrogen and oxygen atoms in total. The number of amides is 2. The lowest BCUT2D eigenvalue weighted by Gasteiger charge is -2.20. The number of para-hydroxylation sites is 2. The minimum absolute atomic E-state index is 0.0471. The second-order valence-corrected chi connectivity index (χ2v) is 7.44. The van der Waals surface area contributed by atoms with E-state index < -0.39 is 11.9 Å². The Morgan fingerprint density at radius 2 is 2.10 bits per heavy atom. The highest BCUT2D eigenvalue weighted by Crippen LogP contribution is 2.30. The Bertz CT molecular complexity index is 1120. The van der Waals surface area contributed by atoms with Gasteiger partial charge in [-0.2, -0.15) is 5.10 Å². The van der Waals surface area contributed by atoms with E-state index in [0.717, 1.165) is 17.3 Å². The highest BCUT2D eigenvalue weighted by atomic mass is 16.5. The number of hydrogen-bond donors (Lipinski definition) is 1. The molecule has 2 aliphatic heterocycles. The molecule has 2 aliphatic rings. The van der Waals surface area contributed by atoms with Gasteiger partial charge in [0.05, 0.1) is 30.0 Å². The van der Waals surface area contributed by atoms with E-state index in [4.69, 9.17) is 9.47 Å². The van der Waals surface area contributed by atoms with Crippen molar-refractivity contribution in [3.05, 3.63) is 48.4 Å². The Morgan fingerprint density at radius 3 is 2.93 bits per heavy atom. The number of pyridine rings is 1. The Balaban J connectivity index is 1.38. The summed E-state index contributed by atoms with van der Waals surface area (Å²) in [5.41, 5.74) is 1.71. The SMILES string of the molecule is CN1C(=O)C(NC(=O)c2cc3c(cn2)cnn3[C@H]2CCOC2)COc2ccccc21. The third-order valence-electron chi connectivity index (χ3n) is 5.53. The van der Waals surface area contributed by atoms with Crippen molar-refractivity contribution in [1.29, 1.82) is 0 Å². The van der Waals surface area contributed by atoms with Crippen LogP contribution >= 0.6 is 0 Å². The van der Waals surface area contributed by atoms with Gasteiger partial charge >= 0.3 is 0 Å². The van der Waals surface area contributed by atoms with Crippen molar-refractivity contribution in [2.75, 3.05) is 31.8 Å². The van der Waals surface area contributed by atoms with Gasteiger partial charge in [-0.3, -0.25) is 19.3 Å². The number of carbonyl (C=O) groups excluding carboxylic acids is 2. The summed E-state index contributed by atoms with van der Waals surface area (Å²) in [7, 11) is 1.67. The smallest absolute Gasteiger partial charge is 0.270 e. The van der Waals surface area contributed by atoms with Gasteiger partial charge in [-0.15, -0.1) is 0 Å². The molecule has 9 heteroatoms. The molecule has 0 spiro atoms. The molecule has 1 N–H and O–H groups in total. The molecule has 4 heterocycles. The summed E-state index contributed by atoms with van der Waals surface area (Å²) in [5, 5.41) is 8.05. The standard InChI is InChI=1S/C21H21N5O4/c1-25-17-4-2-3-5-19(17)30-12-16(21(25)28)24-20(27)15-8-18-13(9-22-15)10-23-26(18)14-6-7-29-11-14/h2-5,8-10,14,16H,6-7,11-12H2,1H3,(H,24,27)/t14-,16?/m0/s1. The normalized spacial score (nSPS) is 21.2. The van der Waals surface area contributed by atoms with Crippen LogP contribution in [0, 0.1) is 0 Å². The largest absolute Gasteiger partial charge is 0.489 e. The van der Waals surface area contributed by atoms with Crippen LogP contribution < -0.4 is 15.0 Å². The zero-order valence-corrected chi connectivity index (χ0v) is 16.4. The first-order valence-corrected chi connectivity index (χ1v) is 9.83. The summed E-state index contributed by atoms with van der Waals surface area (Å²) in [6.45, 7) is 1.34. The second kappa shape index (κ2) is 7.42. The number of aromatic nitrogens is 3. The fourth-order valence-electron chi connectivity index (χ4n) is 3.86. The van der Waals surface area contributed by atoms with Gasteiger partial charge in [-0.1, -0.05) is 12.1 Å². The van der Waals surface area contributed by atoms with Crippen molar-refractivity contribution in [1.82, 2.24) is 20.1 Å². The van der Waals surface area contributed by atoms with Crippen molar-refractivity contribution in [2.45, 2.75) is 18.5 Å². The third-order valence-corrected chi connectivity index (χ3v) is 5.53. The number of rotatable bonds is 3. The van der Waals surface area contributed by atoms with E-state index in [1.165, 1.54) is 4.90 Å². The molecule has 5 rings (SSSR count). The fourth-order valence-corrected chi connectivity index (χ4v) is 3.86. The molecule has 154 valence electrons. The number of anilines is 1. The first-order chi connectivity index (χ1) is 14.6. The van der Waals surface area contributed by atoms with E-state index in [1.807, 2.05) is 16.8 Å². The predicted octanol–water partition coefficient (Wildman–Crippen LogP) is 1.55. The lowest BCUT2D eigenvalue weighted by atomic mass is 10.2. The van der Waals surface area contributed by atoms with Crippen LogP contribution in [0.2, 0.25) is 0 Å². The number of nitrogens with zero attached hydrogens (tertiary/aromatic N) is 4. The molecule has 1 unspecified atom stereocenters. The summed E-state index contributed by atoms with van der Waals surface area (Å²) in [4.78, 5) is 31.5. The van der Waals surface area contributed by atoms with Gasteiger partial charge in [-0.25, -0.2) is 0 Å². The molecular formula is C21H21N5O4. The maximum absolute atomic E-state index is 12.9. The predicted molar refractivity (Wildman–Crippen MR) is 109 cm³/mol. The molecule has 1 aromatic carbocycles. The molecule has 0 radical (unpaired) electrons. The van der Waals surface area contributed by atoms with Crippen molar-refractivity contribution < 1.29 is 19.1 Å². The Hall–Kier alpha value is -3.46. The zero-order valence-electron chi connectivity index (χ0n) is 16.4. The van der Waals surface area contributed by atoms with Crippen LogP contribution in [0.4, 0.5) is 5.69 Å². The van der Waals surface area contributed by atoms with Crippen molar-refractivity contribution in [2.24, 2.45) is 0 Å². The molecule has 0 bridgehead atoms. The summed E-state index contributed by atoms with van der Waals surface area (Å²) >= 11 is 0. The van der Waals surface area contributed by atoms with Crippen LogP contribution in [-0.2, 0) is 9.53 Å². The van der Waals surface area contributed by atoms with E-state index in [2.05, 4.69) is 15.4 Å². The van der Waals surface area contributed by atoms with Crippen LogP contribution in [0.25, 0.3) is 10.9 Å². The Morgan fingerprint density at radius 1 is 1.23 bits per heavy atom. The first-order valence-electron chi connectivity index (χ1n) is 9.83. The molecule has 2 amide bonds. The Labute approximate surface area is 172 Å². The van der Waals surface area contributed by atoms with Crippen LogP contribution in [0.5, 0.6) is 5.75 Å². The zero-order chi connectivity index (χ0) is 20.7. The minimum atomic E-state index is -0.819. The number of benzene rings is 1. The lowest BCUT2D eigenvalue weighted by molar-refractivity contribution is -0.120. The monoisotopic (exact) mass is 407 g/mol. The molecule has 0 saturated carbocycles. The molecule has 2 aromatic heterocycles. The number of ether oxygens (including phenoxy) is 2. The van der Waals surface area contributed by atoms with Gasteiger partial charge in [0.25, 0.3) is 11.8 Å². The number of likely N-dealkylation sites (N-methyl/N-ethyl adjacent to an activating group) is 1. The summed E-state index contributed by atoms with van der Waals surface area (Å²) in [6, 6.07) is 8.31. The quantitative estimate of drug-likeness (QED) is 0.707. The average Bonchev–Trinajstić information content (AvgIpc) is 3.42. The van der Waals surface area contributed by atoms with E-state index >= 15 is 0 Å². The van der Waals surface area contributed by atoms with Gasteiger partial charge in [0.2, 0.25) is 0 Å². The van der Waals surface area contributed by atoms with Crippen molar-refractivity contribution in [3.63, 3.8) is 0 Å². The highest BCUT2D eigenvalue weighted by Gasteiger charge is 2.31. The third kappa shape index (κ3) is 3.17. The summed E-state index contributed by atoms with van der Waals surface area (Å²) in [6.07, 6.45) is 4.23. The summed E-state index contributed by atoms with van der Waals surface area (Å²) < 4.78 is 13.1. The molecule has 30 heavy (non-hydrogen) atoms. The van der Waals surface area contributed by atoms with E-state index in [0.29, 0.717) is 24.7 Å². The molecule has 3 aromatic rings. The molecule has 2 atom stereocenters. The first kappa shape index (κ1) is 18.6. The number of nitrogens with one attached hydrogen (secondary N) is 1. The fraction of sp³-hybridized carbons (Fsp3) is 0.333. The van der Waals surface area contributed by atoms with E-state index in [9.17, 15) is 9.59 Å². The number of carbonyl (C=O) groups is 2. The number of hydrogen-bond acceptors (Lipinski definition) is 6. The van der Waals surface area contributed by atoms with Gasteiger partial charge in [0, 0.05) is 25.2 Å². The van der Waals surface area contributed by atoms with Crippen molar-refractivity contribution >= 4 is 28.4 Å². The van der Waals surface area contributed by atoms with Crippen LogP contribution in [0.3, 0.4) is 0 Å². The maximum atomic E-state index is 12.9. The molecule has 0 aliphatic carbocycles. The maximum Gasteiger partial charge on any atom is 0.270 e. The molecule has 1 fully saturated rings. The second-order valence-electron chi connectivity index (χ2n) is 7.44. The van der Waals surface area contributed by atoms with Gasteiger partial charge in [0.15, 0.2) is 0 Å². The average molecular weight is 407 g/mol. The van der Waals surface area contributed by atoms with Gasteiger partial charge < -0.3 is 19.7 Å². The lowest BCUT2D eigenvalue weighted by Crippen LogP contribution is -2.49. The topological polar surface area (TPSA) is 98.6 Å². The van der Waals surface area contributed by atoms with E-state index in [1.54, 1.807) is 37.6 Å². The van der Waals surface area contributed by atoms with E-state index in [-0.39, 0.29) is 24.2 Å². The summed E-state index contributed by atoms with van der Waals surface area (Å²) in [5.74, 6) is -0.0801.